The van der Waals surface area contributed by atoms with Gasteiger partial charge in [-0.05, 0) is 12.1 Å². The number of hydrogen-bond donors (Lipinski definition) is 1. The number of aromatic nitrogens is 2. The Morgan fingerprint density at radius 2 is 1.85 bits per heavy atom. The molecule has 1 heterocycles. The molecule has 0 aliphatic rings. The number of hydrogen-bond acceptors (Lipinski definition) is 4. The lowest BCUT2D eigenvalue weighted by molar-refractivity contribution is -0.141. The molecule has 0 aliphatic carbocycles. The molecule has 4 nitrogen and oxygen atoms in total. The van der Waals surface area contributed by atoms with E-state index >= 15 is 0 Å². The Kier molecular flexibility index (Phi) is 3.73. The van der Waals surface area contributed by atoms with Crippen molar-refractivity contribution >= 4 is 5.95 Å². The van der Waals surface area contributed by atoms with Gasteiger partial charge in [-0.3, -0.25) is 0 Å². The molecule has 8 heteroatoms. The van der Waals surface area contributed by atoms with Crippen molar-refractivity contribution in [3.63, 3.8) is 0 Å². The van der Waals surface area contributed by atoms with Crippen LogP contribution in [0.15, 0.2) is 30.3 Å². The normalized spacial score (nSPS) is 11.2. The zero-order valence-corrected chi connectivity index (χ0v) is 10.2. The summed E-state index contributed by atoms with van der Waals surface area (Å²) in [5.74, 6) is -1.60. The Labute approximate surface area is 111 Å². The summed E-state index contributed by atoms with van der Waals surface area (Å²) in [6, 6.07) is 5.93. The third kappa shape index (κ3) is 3.14. The van der Waals surface area contributed by atoms with E-state index in [0.29, 0.717) is 6.07 Å². The van der Waals surface area contributed by atoms with E-state index in [2.05, 4.69) is 15.3 Å². The summed E-state index contributed by atoms with van der Waals surface area (Å²) in [7, 11) is 1.36. The molecule has 0 saturated carbocycles. The Bertz CT molecular complexity index is 616. The number of rotatable bonds is 3. The fraction of sp³-hybridized carbons (Fsp3) is 0.167. The van der Waals surface area contributed by atoms with Gasteiger partial charge < -0.3 is 10.1 Å². The van der Waals surface area contributed by atoms with Crippen LogP contribution in [-0.4, -0.2) is 17.0 Å². The number of nitrogens with zero attached hydrogens (tertiary/aromatic N) is 2. The Morgan fingerprint density at radius 1 is 1.15 bits per heavy atom. The minimum atomic E-state index is -4.65. The minimum absolute atomic E-state index is 0.221. The molecule has 0 saturated heterocycles. The number of alkyl halides is 3. The van der Waals surface area contributed by atoms with E-state index in [-0.39, 0.29) is 11.7 Å². The molecule has 106 valence electrons. The van der Waals surface area contributed by atoms with Crippen molar-refractivity contribution in [3.05, 3.63) is 41.8 Å². The first-order chi connectivity index (χ1) is 9.40. The lowest BCUT2D eigenvalue weighted by Crippen LogP contribution is -2.11. The van der Waals surface area contributed by atoms with Crippen LogP contribution in [0.1, 0.15) is 5.69 Å². The quantitative estimate of drug-likeness (QED) is 0.878. The van der Waals surface area contributed by atoms with Gasteiger partial charge in [-0.15, -0.1) is 0 Å². The first-order valence-electron chi connectivity index (χ1n) is 5.46. The maximum atomic E-state index is 13.4. The SMILES string of the molecule is CNc1nc(Oc2ccccc2F)cc(C(F)(F)F)n1. The third-order valence-electron chi connectivity index (χ3n) is 2.27. The van der Waals surface area contributed by atoms with Crippen molar-refractivity contribution in [1.82, 2.24) is 9.97 Å². The molecule has 2 aromatic rings. The van der Waals surface area contributed by atoms with Crippen LogP contribution in [-0.2, 0) is 6.18 Å². The molecule has 0 unspecified atom stereocenters. The lowest BCUT2D eigenvalue weighted by atomic mass is 10.3. The summed E-state index contributed by atoms with van der Waals surface area (Å²) >= 11 is 0. The number of anilines is 1. The van der Waals surface area contributed by atoms with E-state index < -0.39 is 23.6 Å². The average Bonchev–Trinajstić information content (AvgIpc) is 2.40. The van der Waals surface area contributed by atoms with Gasteiger partial charge in [-0.1, -0.05) is 12.1 Å². The van der Waals surface area contributed by atoms with Gasteiger partial charge in [-0.25, -0.2) is 9.37 Å². The number of ether oxygens (including phenoxy) is 1. The molecule has 0 bridgehead atoms. The van der Waals surface area contributed by atoms with Crippen LogP contribution in [0.3, 0.4) is 0 Å². The lowest BCUT2D eigenvalue weighted by Gasteiger charge is -2.11. The van der Waals surface area contributed by atoms with E-state index in [1.165, 1.54) is 25.2 Å². The molecular weight excluding hydrogens is 278 g/mol. The molecule has 0 aliphatic heterocycles. The van der Waals surface area contributed by atoms with Gasteiger partial charge in [0, 0.05) is 13.1 Å². The van der Waals surface area contributed by atoms with Crippen molar-refractivity contribution in [2.75, 3.05) is 12.4 Å². The summed E-state index contributed by atoms with van der Waals surface area (Å²) in [5, 5.41) is 2.38. The molecule has 1 aromatic heterocycles. The first kappa shape index (κ1) is 14.0. The van der Waals surface area contributed by atoms with Crippen molar-refractivity contribution in [3.8, 4) is 11.6 Å². The summed E-state index contributed by atoms with van der Waals surface area (Å²) < 4.78 is 56.4. The molecule has 2 rings (SSSR count). The standard InChI is InChI=1S/C12H9F4N3O/c1-17-11-18-9(12(14,15)16)6-10(19-11)20-8-5-3-2-4-7(8)13/h2-6H,1H3,(H,17,18,19). The van der Waals surface area contributed by atoms with Crippen LogP contribution >= 0.6 is 0 Å². The molecule has 0 fully saturated rings. The topological polar surface area (TPSA) is 47.0 Å². The zero-order valence-electron chi connectivity index (χ0n) is 10.2. The van der Waals surface area contributed by atoms with Crippen LogP contribution in [0.4, 0.5) is 23.5 Å². The zero-order chi connectivity index (χ0) is 14.8. The fourth-order valence-electron chi connectivity index (χ4n) is 1.37. The van der Waals surface area contributed by atoms with E-state index in [9.17, 15) is 17.6 Å². The van der Waals surface area contributed by atoms with Crippen LogP contribution in [0.25, 0.3) is 0 Å². The number of para-hydroxylation sites is 1. The molecule has 1 aromatic carbocycles. The second kappa shape index (κ2) is 5.32. The monoisotopic (exact) mass is 287 g/mol. The number of benzene rings is 1. The van der Waals surface area contributed by atoms with Gasteiger partial charge in [-0.2, -0.15) is 18.2 Å². The van der Waals surface area contributed by atoms with Gasteiger partial charge in [0.2, 0.25) is 11.8 Å². The van der Waals surface area contributed by atoms with Crippen LogP contribution < -0.4 is 10.1 Å². The molecule has 1 N–H and O–H groups in total. The Morgan fingerprint density at radius 3 is 2.45 bits per heavy atom. The number of halogens is 4. The van der Waals surface area contributed by atoms with Gasteiger partial charge in [0.1, 0.15) is 0 Å². The average molecular weight is 287 g/mol. The summed E-state index contributed by atoms with van der Waals surface area (Å²) in [4.78, 5) is 6.96. The predicted octanol–water partition coefficient (Wildman–Crippen LogP) is 3.47. The molecule has 0 radical (unpaired) electrons. The smallest absolute Gasteiger partial charge is 0.433 e. The highest BCUT2D eigenvalue weighted by Crippen LogP contribution is 2.31. The molecule has 0 atom stereocenters. The van der Waals surface area contributed by atoms with Gasteiger partial charge in [0.15, 0.2) is 17.3 Å². The van der Waals surface area contributed by atoms with E-state index in [1.807, 2.05) is 0 Å². The number of nitrogens with one attached hydrogen (secondary N) is 1. The van der Waals surface area contributed by atoms with Gasteiger partial charge in [0.25, 0.3) is 0 Å². The minimum Gasteiger partial charge on any atom is -0.436 e. The third-order valence-corrected chi connectivity index (χ3v) is 2.27. The Hall–Kier alpha value is -2.38. The largest absolute Gasteiger partial charge is 0.436 e. The van der Waals surface area contributed by atoms with Crippen molar-refractivity contribution < 1.29 is 22.3 Å². The van der Waals surface area contributed by atoms with Crippen LogP contribution in [0.2, 0.25) is 0 Å². The maximum absolute atomic E-state index is 13.4. The molecule has 0 amide bonds. The highest BCUT2D eigenvalue weighted by atomic mass is 19.4. The van der Waals surface area contributed by atoms with Crippen molar-refractivity contribution in [2.45, 2.75) is 6.18 Å². The molecule has 20 heavy (non-hydrogen) atoms. The predicted molar refractivity (Wildman–Crippen MR) is 63.1 cm³/mol. The Balaban J connectivity index is 2.39. The maximum Gasteiger partial charge on any atom is 0.433 e. The van der Waals surface area contributed by atoms with Crippen molar-refractivity contribution in [1.29, 1.82) is 0 Å². The second-order valence-electron chi connectivity index (χ2n) is 3.70. The highest BCUT2D eigenvalue weighted by Gasteiger charge is 2.34. The second-order valence-corrected chi connectivity index (χ2v) is 3.70. The summed E-state index contributed by atoms with van der Waals surface area (Å²) in [6.07, 6.45) is -4.65. The first-order valence-corrected chi connectivity index (χ1v) is 5.46. The molecule has 0 spiro atoms. The van der Waals surface area contributed by atoms with Crippen LogP contribution in [0, 0.1) is 5.82 Å². The van der Waals surface area contributed by atoms with E-state index in [1.54, 1.807) is 0 Å². The van der Waals surface area contributed by atoms with Gasteiger partial charge in [0.05, 0.1) is 0 Å². The summed E-state index contributed by atoms with van der Waals surface area (Å²) in [6.45, 7) is 0. The fourth-order valence-corrected chi connectivity index (χ4v) is 1.37. The van der Waals surface area contributed by atoms with Crippen LogP contribution in [0.5, 0.6) is 11.6 Å². The summed E-state index contributed by atoms with van der Waals surface area (Å²) in [5.41, 5.74) is -1.18. The highest BCUT2D eigenvalue weighted by molar-refractivity contribution is 5.34. The molecular formula is C12H9F4N3O. The van der Waals surface area contributed by atoms with Crippen molar-refractivity contribution in [2.24, 2.45) is 0 Å². The van der Waals surface area contributed by atoms with E-state index in [4.69, 9.17) is 4.74 Å². The van der Waals surface area contributed by atoms with Gasteiger partial charge >= 0.3 is 6.18 Å². The van der Waals surface area contributed by atoms with E-state index in [0.717, 1.165) is 6.07 Å².